The number of hydrogen-bond acceptors (Lipinski definition) is 0. The van der Waals surface area contributed by atoms with Gasteiger partial charge in [0.15, 0.2) is 0 Å². The molecule has 0 saturated heterocycles. The maximum Gasteiger partial charge on any atom is 0 e. The van der Waals surface area contributed by atoms with Gasteiger partial charge in [0, 0.05) is 38.2 Å². The third kappa shape index (κ3) is 6.08. The molecule has 0 aromatic heterocycles. The van der Waals surface area contributed by atoms with Gasteiger partial charge in [0.05, 0.1) is 0 Å². The van der Waals surface area contributed by atoms with Crippen LogP contribution >= 0.6 is 15.8 Å². The zero-order chi connectivity index (χ0) is 20.8. The van der Waals surface area contributed by atoms with E-state index in [4.69, 9.17) is 0 Å². The van der Waals surface area contributed by atoms with Crippen LogP contribution in [-0.2, 0) is 0 Å². The van der Waals surface area contributed by atoms with Gasteiger partial charge in [-0.05, 0) is 48.4 Å². The summed E-state index contributed by atoms with van der Waals surface area (Å²) in [6.07, 6.45) is 0. The van der Waals surface area contributed by atoms with Crippen LogP contribution in [0.2, 0.25) is 0 Å². The van der Waals surface area contributed by atoms with Crippen molar-refractivity contribution in [3.63, 3.8) is 0 Å². The quantitative estimate of drug-likeness (QED) is 0.231. The summed E-state index contributed by atoms with van der Waals surface area (Å²) in [7, 11) is -0.897. The van der Waals surface area contributed by atoms with E-state index >= 15 is 0 Å². The Bertz CT molecular complexity index is 858. The van der Waals surface area contributed by atoms with Crippen molar-refractivity contribution in [1.29, 1.82) is 0 Å². The van der Waals surface area contributed by atoms with Gasteiger partial charge >= 0.3 is 0 Å². The first-order valence-corrected chi connectivity index (χ1v) is 13.4. The van der Waals surface area contributed by atoms with Gasteiger partial charge in [-0.25, -0.2) is 0 Å². The fraction of sp³-hybridized carbons (Fsp3) is 0.143. The summed E-state index contributed by atoms with van der Waals surface area (Å²) in [6, 6.07) is 44.5. The minimum Gasteiger partial charge on any atom is -0.0622 e. The summed E-state index contributed by atoms with van der Waals surface area (Å²) >= 11 is 0. The third-order valence-electron chi connectivity index (χ3n) is 5.65. The molecular weight excluding hydrogens is 561 g/mol. The fourth-order valence-corrected chi connectivity index (χ4v) is 10.1. The largest absolute Gasteiger partial charge is 0.0622 e. The minimum atomic E-state index is -0.448. The Balaban J connectivity index is 0.00000272. The fourth-order valence-electron chi connectivity index (χ4n) is 4.02. The van der Waals surface area contributed by atoms with Gasteiger partial charge in [-0.3, -0.25) is 0 Å². The first-order chi connectivity index (χ1) is 14.8. The molecule has 0 aliphatic rings. The van der Waals surface area contributed by atoms with Crippen LogP contribution in [0.4, 0.5) is 0 Å². The van der Waals surface area contributed by atoms with E-state index in [0.717, 1.165) is 0 Å². The Labute approximate surface area is 220 Å². The molecule has 2 unspecified atom stereocenters. The van der Waals surface area contributed by atoms with E-state index in [-0.39, 0.29) is 38.2 Å². The van der Waals surface area contributed by atoms with Crippen molar-refractivity contribution in [3.8, 4) is 0 Å². The molecule has 160 valence electrons. The Morgan fingerprint density at radius 3 is 0.774 bits per heavy atom. The first-order valence-electron chi connectivity index (χ1n) is 10.5. The standard InChI is InChI=1S/C28H28P2.Dy/c1-23(29(25-15-7-3-8-16-25)26-17-9-4-10-18-26)24(2)30(27-19-11-5-12-20-27)28-21-13-6-14-22-28;/h3-24H,1-2H3;. The molecule has 0 nitrogen and oxygen atoms in total. The number of hydrogen-bond donors (Lipinski definition) is 0. The van der Waals surface area contributed by atoms with Crippen LogP contribution < -0.4 is 21.2 Å². The van der Waals surface area contributed by atoms with E-state index in [0.29, 0.717) is 11.3 Å². The molecule has 4 aromatic rings. The van der Waals surface area contributed by atoms with Gasteiger partial charge in [-0.2, -0.15) is 0 Å². The van der Waals surface area contributed by atoms with Gasteiger partial charge < -0.3 is 0 Å². The van der Waals surface area contributed by atoms with E-state index in [9.17, 15) is 0 Å². The molecule has 0 spiro atoms. The summed E-state index contributed by atoms with van der Waals surface area (Å²) < 4.78 is 0. The molecule has 0 fully saturated rings. The zero-order valence-corrected chi connectivity index (χ0v) is 21.7. The van der Waals surface area contributed by atoms with Crippen molar-refractivity contribution in [2.75, 3.05) is 0 Å². The first kappa shape index (κ1) is 24.7. The Morgan fingerprint density at radius 1 is 0.387 bits per heavy atom. The summed E-state index contributed by atoms with van der Waals surface area (Å²) in [6.45, 7) is 4.94. The minimum absolute atomic E-state index is 0. The van der Waals surface area contributed by atoms with E-state index in [1.165, 1.54) is 21.2 Å². The van der Waals surface area contributed by atoms with Crippen LogP contribution in [0, 0.1) is 38.2 Å². The van der Waals surface area contributed by atoms with Gasteiger partial charge in [0.1, 0.15) is 0 Å². The van der Waals surface area contributed by atoms with Gasteiger partial charge in [-0.1, -0.05) is 135 Å². The van der Waals surface area contributed by atoms with Crippen molar-refractivity contribution in [2.24, 2.45) is 0 Å². The summed E-state index contributed by atoms with van der Waals surface area (Å²) in [5.41, 5.74) is 1.10. The molecule has 4 rings (SSSR count). The van der Waals surface area contributed by atoms with Gasteiger partial charge in [-0.15, -0.1) is 0 Å². The normalized spacial score (nSPS) is 12.9. The maximum atomic E-state index is 2.47. The second-order valence-electron chi connectivity index (χ2n) is 7.56. The topological polar surface area (TPSA) is 0 Å². The van der Waals surface area contributed by atoms with Crippen LogP contribution in [-0.4, -0.2) is 11.3 Å². The van der Waals surface area contributed by atoms with Crippen molar-refractivity contribution in [2.45, 2.75) is 25.2 Å². The van der Waals surface area contributed by atoms with Crippen molar-refractivity contribution in [3.05, 3.63) is 121 Å². The molecule has 0 saturated carbocycles. The average Bonchev–Trinajstić information content (AvgIpc) is 2.82. The number of rotatable bonds is 7. The van der Waals surface area contributed by atoms with E-state index < -0.39 is 15.8 Å². The molecule has 2 atom stereocenters. The molecule has 0 heterocycles. The molecule has 0 N–H and O–H groups in total. The third-order valence-corrected chi connectivity index (χ3v) is 11.8. The molecule has 4 aromatic carbocycles. The van der Waals surface area contributed by atoms with E-state index in [1.807, 2.05) is 0 Å². The second kappa shape index (κ2) is 12.3. The van der Waals surface area contributed by atoms with Crippen molar-refractivity contribution >= 4 is 37.1 Å². The molecular formula is C28H28DyP2. The average molecular weight is 589 g/mol. The Hall–Kier alpha value is -0.987. The maximum absolute atomic E-state index is 2.47. The Kier molecular flexibility index (Phi) is 9.79. The molecule has 3 heteroatoms. The molecule has 0 aliphatic heterocycles. The van der Waals surface area contributed by atoms with Crippen LogP contribution in [0.5, 0.6) is 0 Å². The summed E-state index contributed by atoms with van der Waals surface area (Å²) in [5, 5.41) is 5.87. The van der Waals surface area contributed by atoms with Crippen LogP contribution in [0.25, 0.3) is 0 Å². The Morgan fingerprint density at radius 2 is 0.581 bits per heavy atom. The number of benzene rings is 4. The smallest absolute Gasteiger partial charge is 0 e. The molecule has 0 radical (unpaired) electrons. The monoisotopic (exact) mass is 590 g/mol. The van der Waals surface area contributed by atoms with Crippen LogP contribution in [0.1, 0.15) is 13.8 Å². The predicted octanol–water partition coefficient (Wildman–Crippen LogP) is 6.03. The molecule has 31 heavy (non-hydrogen) atoms. The van der Waals surface area contributed by atoms with Gasteiger partial charge in [0.25, 0.3) is 0 Å². The van der Waals surface area contributed by atoms with Gasteiger partial charge in [0.2, 0.25) is 0 Å². The summed E-state index contributed by atoms with van der Waals surface area (Å²) in [4.78, 5) is 0. The molecule has 0 bridgehead atoms. The summed E-state index contributed by atoms with van der Waals surface area (Å²) in [5.74, 6) is 0. The second-order valence-corrected chi connectivity index (χ2v) is 12.7. The van der Waals surface area contributed by atoms with E-state index in [2.05, 4.69) is 135 Å². The molecule has 0 aliphatic carbocycles. The molecule has 0 amide bonds. The SMILES string of the molecule is CC(C(C)P(c1ccccc1)c1ccccc1)P(c1ccccc1)c1ccccc1.[Dy]. The van der Waals surface area contributed by atoms with Crippen molar-refractivity contribution < 1.29 is 38.2 Å². The van der Waals surface area contributed by atoms with Crippen LogP contribution in [0.3, 0.4) is 0 Å². The predicted molar refractivity (Wildman–Crippen MR) is 137 cm³/mol. The zero-order valence-electron chi connectivity index (χ0n) is 17.9. The van der Waals surface area contributed by atoms with E-state index in [1.54, 1.807) is 0 Å². The van der Waals surface area contributed by atoms with Crippen molar-refractivity contribution in [1.82, 2.24) is 0 Å². The van der Waals surface area contributed by atoms with Crippen LogP contribution in [0.15, 0.2) is 121 Å².